The van der Waals surface area contributed by atoms with Crippen LogP contribution in [0.25, 0.3) is 0 Å². The zero-order chi connectivity index (χ0) is 24.6. The average molecular weight is 472 g/mol. The molecule has 0 aliphatic carbocycles. The van der Waals surface area contributed by atoms with Crippen molar-refractivity contribution in [2.24, 2.45) is 11.7 Å². The van der Waals surface area contributed by atoms with E-state index >= 15 is 0 Å². The Balaban J connectivity index is 1.48. The quantitative estimate of drug-likeness (QED) is 0.568. The molecule has 0 saturated carbocycles. The average Bonchev–Trinajstić information content (AvgIpc) is 3.41. The number of thiazole rings is 1. The predicted molar refractivity (Wildman–Crippen MR) is 121 cm³/mol. The van der Waals surface area contributed by atoms with Crippen LogP contribution >= 0.6 is 11.3 Å². The van der Waals surface area contributed by atoms with E-state index in [0.29, 0.717) is 30.9 Å². The van der Waals surface area contributed by atoms with Crippen molar-refractivity contribution in [2.45, 2.75) is 32.8 Å². The van der Waals surface area contributed by atoms with Crippen molar-refractivity contribution < 1.29 is 20.5 Å². The molecule has 4 amide bonds. The Kier molecular flexibility index (Phi) is 6.05. The van der Waals surface area contributed by atoms with Crippen molar-refractivity contribution >= 4 is 35.0 Å². The number of carbonyl (C=O) groups excluding carboxylic acids is 4. The van der Waals surface area contributed by atoms with Gasteiger partial charge in [-0.25, -0.2) is 9.99 Å². The molecule has 3 heterocycles. The minimum absolute atomic E-state index is 0.0321. The van der Waals surface area contributed by atoms with E-state index in [9.17, 15) is 19.2 Å². The number of carbonyl (C=O) groups is 4. The number of primary amides is 1. The highest BCUT2D eigenvalue weighted by Gasteiger charge is 2.38. The van der Waals surface area contributed by atoms with Crippen LogP contribution < -0.4 is 16.4 Å². The first-order valence-corrected chi connectivity index (χ1v) is 11.5. The van der Waals surface area contributed by atoms with Crippen molar-refractivity contribution in [3.8, 4) is 0 Å². The molecule has 174 valence electrons. The number of benzene rings is 1. The first-order chi connectivity index (χ1) is 16.1. The summed E-state index contributed by atoms with van der Waals surface area (Å²) in [6.07, 6.45) is 0.800. The van der Waals surface area contributed by atoms with Crippen LogP contribution in [0.2, 0.25) is 0 Å². The SMILES string of the molecule is [2H][C@@]1(NC(=O)[C@H](C)CNC(=O)c2sc(C(N)=O)nc2C)C(=O)N2CCCN2Cc2ccccc21. The maximum atomic E-state index is 13.4. The monoisotopic (exact) mass is 471 g/mol. The van der Waals surface area contributed by atoms with Crippen LogP contribution in [0.15, 0.2) is 24.3 Å². The van der Waals surface area contributed by atoms with Gasteiger partial charge in [-0.2, -0.15) is 0 Å². The maximum Gasteiger partial charge on any atom is 0.277 e. The molecule has 2 atom stereocenters. The molecule has 0 unspecified atom stereocenters. The van der Waals surface area contributed by atoms with Gasteiger partial charge in [0.2, 0.25) is 5.91 Å². The number of hydrogen-bond acceptors (Lipinski definition) is 7. The Labute approximate surface area is 196 Å². The molecule has 2 aliphatic heterocycles. The van der Waals surface area contributed by atoms with Crippen LogP contribution in [0.3, 0.4) is 0 Å². The Hall–Kier alpha value is -3.31. The Bertz CT molecular complexity index is 1170. The number of fused-ring (bicyclic) bond motifs is 2. The Morgan fingerprint density at radius 1 is 1.33 bits per heavy atom. The molecule has 1 fully saturated rings. The Morgan fingerprint density at radius 2 is 2.09 bits per heavy atom. The highest BCUT2D eigenvalue weighted by molar-refractivity contribution is 7.15. The van der Waals surface area contributed by atoms with E-state index in [2.05, 4.69) is 15.6 Å². The number of nitrogens with one attached hydrogen (secondary N) is 2. The number of hydrazine groups is 1. The predicted octanol–water partition coefficient (Wildman–Crippen LogP) is 0.737. The first-order valence-electron chi connectivity index (χ1n) is 11.1. The number of nitrogens with two attached hydrogens (primary N) is 1. The number of aromatic nitrogens is 1. The van der Waals surface area contributed by atoms with Gasteiger partial charge in [-0.15, -0.1) is 11.3 Å². The highest BCUT2D eigenvalue weighted by atomic mass is 32.1. The van der Waals surface area contributed by atoms with Crippen molar-refractivity contribution in [2.75, 3.05) is 19.6 Å². The van der Waals surface area contributed by atoms with Crippen molar-refractivity contribution in [1.82, 2.24) is 25.6 Å². The van der Waals surface area contributed by atoms with Gasteiger partial charge in [0.15, 0.2) is 5.01 Å². The zero-order valence-electron chi connectivity index (χ0n) is 19.4. The maximum absolute atomic E-state index is 13.4. The fraction of sp³-hybridized carbons (Fsp3) is 0.409. The fourth-order valence-electron chi connectivity index (χ4n) is 3.90. The minimum atomic E-state index is -1.98. The number of rotatable bonds is 6. The standard InChI is InChI=1S/C22H26N6O4S/c1-12(10-24-20(31)17-13(2)25-21(33-17)18(23)29)19(30)26-16-15-7-4-3-6-14(15)11-27-8-5-9-28(27)22(16)32/h3-4,6-7,12,16H,5,8-11H2,1-2H3,(H2,23,29)(H,24,31)(H,26,30)/t12-,16+/m1/s1/i16D. The minimum Gasteiger partial charge on any atom is -0.364 e. The lowest BCUT2D eigenvalue weighted by molar-refractivity contribution is -0.148. The van der Waals surface area contributed by atoms with E-state index in [0.717, 1.165) is 23.3 Å². The number of amides is 4. The molecule has 4 N–H and O–H groups in total. The topological polar surface area (TPSA) is 138 Å². The summed E-state index contributed by atoms with van der Waals surface area (Å²) >= 11 is 0.884. The largest absolute Gasteiger partial charge is 0.364 e. The highest BCUT2D eigenvalue weighted by Crippen LogP contribution is 2.29. The van der Waals surface area contributed by atoms with Crippen molar-refractivity contribution in [3.63, 3.8) is 0 Å². The summed E-state index contributed by atoms with van der Waals surface area (Å²) in [7, 11) is 0. The normalized spacial score (nSPS) is 21.5. The van der Waals surface area contributed by atoms with E-state index in [4.69, 9.17) is 7.10 Å². The third kappa shape index (κ3) is 4.60. The molecule has 2 aliphatic rings. The molecule has 0 radical (unpaired) electrons. The lowest BCUT2D eigenvalue weighted by atomic mass is 9.99. The molecule has 0 bridgehead atoms. The third-order valence-electron chi connectivity index (χ3n) is 5.69. The molecule has 33 heavy (non-hydrogen) atoms. The molecule has 11 heteroatoms. The zero-order valence-corrected chi connectivity index (χ0v) is 19.2. The molecule has 0 spiro atoms. The van der Waals surface area contributed by atoms with Crippen LogP contribution in [-0.2, 0) is 16.1 Å². The van der Waals surface area contributed by atoms with Gasteiger partial charge < -0.3 is 16.4 Å². The van der Waals surface area contributed by atoms with Gasteiger partial charge in [-0.3, -0.25) is 24.2 Å². The first kappa shape index (κ1) is 21.5. The number of aryl methyl sites for hydroxylation is 1. The van der Waals surface area contributed by atoms with E-state index in [1.165, 1.54) is 0 Å². The number of hydrogen-bond donors (Lipinski definition) is 3. The molecular weight excluding hydrogens is 444 g/mol. The molecule has 4 rings (SSSR count). The summed E-state index contributed by atoms with van der Waals surface area (Å²) in [6, 6.07) is 5.17. The van der Waals surface area contributed by atoms with Crippen LogP contribution in [0.5, 0.6) is 0 Å². The summed E-state index contributed by atoms with van der Waals surface area (Å²) in [5.74, 6) is -2.96. The van der Waals surface area contributed by atoms with E-state index in [1.54, 1.807) is 31.0 Å². The van der Waals surface area contributed by atoms with Gasteiger partial charge in [0.05, 0.1) is 13.0 Å². The summed E-state index contributed by atoms with van der Waals surface area (Å²) in [5.41, 5.74) is 6.84. The van der Waals surface area contributed by atoms with Crippen LogP contribution in [-0.4, -0.2) is 58.3 Å². The summed E-state index contributed by atoms with van der Waals surface area (Å²) < 4.78 is 9.06. The molecule has 1 aromatic heterocycles. The summed E-state index contributed by atoms with van der Waals surface area (Å²) in [5, 5.41) is 8.78. The van der Waals surface area contributed by atoms with Gasteiger partial charge in [0.25, 0.3) is 17.7 Å². The second-order valence-electron chi connectivity index (χ2n) is 8.10. The van der Waals surface area contributed by atoms with Gasteiger partial charge >= 0.3 is 0 Å². The second kappa shape index (κ2) is 9.28. The van der Waals surface area contributed by atoms with E-state index in [-0.39, 0.29) is 16.4 Å². The van der Waals surface area contributed by atoms with Crippen LogP contribution in [0, 0.1) is 12.8 Å². The van der Waals surface area contributed by atoms with Crippen molar-refractivity contribution in [3.05, 3.63) is 51.0 Å². The molecule has 1 saturated heterocycles. The summed E-state index contributed by atoms with van der Waals surface area (Å²) in [6.45, 7) is 4.86. The molecule has 2 aromatic rings. The lowest BCUT2D eigenvalue weighted by Crippen LogP contribution is -2.47. The van der Waals surface area contributed by atoms with Gasteiger partial charge in [0.1, 0.15) is 10.9 Å². The van der Waals surface area contributed by atoms with E-state index < -0.39 is 35.6 Å². The second-order valence-corrected chi connectivity index (χ2v) is 9.10. The lowest BCUT2D eigenvalue weighted by Gasteiger charge is -2.28. The third-order valence-corrected chi connectivity index (χ3v) is 6.86. The van der Waals surface area contributed by atoms with Gasteiger partial charge in [-0.05, 0) is 24.5 Å². The summed E-state index contributed by atoms with van der Waals surface area (Å²) in [4.78, 5) is 54.5. The van der Waals surface area contributed by atoms with Gasteiger partial charge in [0, 0.05) is 26.2 Å². The molecule has 1 aromatic carbocycles. The molecule has 10 nitrogen and oxygen atoms in total. The number of nitrogens with zero attached hydrogens (tertiary/aromatic N) is 3. The van der Waals surface area contributed by atoms with Crippen molar-refractivity contribution in [1.29, 1.82) is 0 Å². The van der Waals surface area contributed by atoms with Crippen LogP contribution in [0.4, 0.5) is 0 Å². The Morgan fingerprint density at radius 3 is 2.82 bits per heavy atom. The molecular formula is C22H26N6O4S. The fourth-order valence-corrected chi connectivity index (χ4v) is 4.74. The van der Waals surface area contributed by atoms with Crippen LogP contribution in [0.1, 0.15) is 57.0 Å². The van der Waals surface area contributed by atoms with E-state index in [1.807, 2.05) is 17.1 Å². The van der Waals surface area contributed by atoms with Gasteiger partial charge in [-0.1, -0.05) is 31.2 Å². The smallest absolute Gasteiger partial charge is 0.277 e.